The summed E-state index contributed by atoms with van der Waals surface area (Å²) in [6, 6.07) is 1.69. The van der Waals surface area contributed by atoms with Crippen LogP contribution in [0.1, 0.15) is 24.4 Å². The Morgan fingerprint density at radius 1 is 1.48 bits per heavy atom. The first kappa shape index (κ1) is 15.5. The van der Waals surface area contributed by atoms with Crippen molar-refractivity contribution in [3.05, 3.63) is 42.7 Å². The van der Waals surface area contributed by atoms with Crippen LogP contribution in [0, 0.1) is 5.92 Å². The highest BCUT2D eigenvalue weighted by Gasteiger charge is 2.36. The molecule has 1 fully saturated rings. The first-order valence-corrected chi connectivity index (χ1v) is 7.58. The maximum absolute atomic E-state index is 12.3. The summed E-state index contributed by atoms with van der Waals surface area (Å²) in [5, 5.41) is 12.6. The van der Waals surface area contributed by atoms with E-state index in [4.69, 9.17) is 4.74 Å². The summed E-state index contributed by atoms with van der Waals surface area (Å²) in [7, 11) is 1.58. The third-order valence-corrected chi connectivity index (χ3v) is 4.15. The van der Waals surface area contributed by atoms with Crippen molar-refractivity contribution in [3.63, 3.8) is 0 Å². The summed E-state index contributed by atoms with van der Waals surface area (Å²) in [4.78, 5) is 20.4. The molecule has 0 bridgehead atoms. The molecule has 0 saturated heterocycles. The zero-order valence-electron chi connectivity index (χ0n) is 12.9. The van der Waals surface area contributed by atoms with Crippen LogP contribution in [0.5, 0.6) is 5.75 Å². The molecule has 1 aliphatic carbocycles. The zero-order chi connectivity index (χ0) is 16.2. The monoisotopic (exact) mass is 316 g/mol. The third-order valence-electron chi connectivity index (χ3n) is 4.15. The van der Waals surface area contributed by atoms with E-state index >= 15 is 0 Å². The van der Waals surface area contributed by atoms with Crippen molar-refractivity contribution < 1.29 is 14.6 Å². The van der Waals surface area contributed by atoms with Crippen LogP contribution in [0.4, 0.5) is 0 Å². The molecule has 0 radical (unpaired) electrons. The Labute approximate surface area is 134 Å². The van der Waals surface area contributed by atoms with Crippen LogP contribution in [0.25, 0.3) is 0 Å². The highest BCUT2D eigenvalue weighted by atomic mass is 16.5. The summed E-state index contributed by atoms with van der Waals surface area (Å²) in [5.41, 5.74) is 0.889. The van der Waals surface area contributed by atoms with Gasteiger partial charge in [0.15, 0.2) is 0 Å². The van der Waals surface area contributed by atoms with Crippen LogP contribution in [-0.2, 0) is 11.3 Å². The van der Waals surface area contributed by atoms with Crippen LogP contribution >= 0.6 is 0 Å². The van der Waals surface area contributed by atoms with Gasteiger partial charge < -0.3 is 19.7 Å². The molecule has 122 valence electrons. The quantitative estimate of drug-likeness (QED) is 0.827. The average Bonchev–Trinajstić information content (AvgIpc) is 3.03. The number of nitrogens with one attached hydrogen (secondary N) is 1. The van der Waals surface area contributed by atoms with Crippen molar-refractivity contribution in [1.29, 1.82) is 0 Å². The molecule has 2 aromatic heterocycles. The molecule has 1 atom stereocenters. The number of imidazole rings is 1. The van der Waals surface area contributed by atoms with Crippen LogP contribution in [0.15, 0.2) is 37.2 Å². The van der Waals surface area contributed by atoms with Crippen LogP contribution in [-0.4, -0.2) is 38.8 Å². The van der Waals surface area contributed by atoms with Crippen molar-refractivity contribution in [2.45, 2.75) is 31.5 Å². The smallest absolute Gasteiger partial charge is 0.240 e. The topological polar surface area (TPSA) is 89.3 Å². The second kappa shape index (κ2) is 6.78. The second-order valence-corrected chi connectivity index (χ2v) is 5.82. The number of hydrogen-bond donors (Lipinski definition) is 2. The van der Waals surface area contributed by atoms with E-state index in [-0.39, 0.29) is 30.5 Å². The predicted octanol–water partition coefficient (Wildman–Crippen LogP) is 0.915. The minimum Gasteiger partial charge on any atom is -0.495 e. The molecule has 0 spiro atoms. The van der Waals surface area contributed by atoms with E-state index in [0.717, 1.165) is 5.56 Å². The Balaban J connectivity index is 1.74. The molecule has 2 N–H and O–H groups in total. The van der Waals surface area contributed by atoms with Crippen LogP contribution < -0.4 is 10.1 Å². The Morgan fingerprint density at radius 3 is 2.96 bits per heavy atom. The molecule has 0 unspecified atom stereocenters. The van der Waals surface area contributed by atoms with Crippen molar-refractivity contribution in [3.8, 4) is 5.75 Å². The molecule has 1 aliphatic rings. The van der Waals surface area contributed by atoms with Gasteiger partial charge in [0.05, 0.1) is 31.8 Å². The molecule has 0 aromatic carbocycles. The van der Waals surface area contributed by atoms with E-state index in [0.29, 0.717) is 18.6 Å². The van der Waals surface area contributed by atoms with Gasteiger partial charge in [-0.15, -0.1) is 0 Å². The fourth-order valence-electron chi connectivity index (χ4n) is 2.86. The molecule has 1 amide bonds. The fourth-order valence-corrected chi connectivity index (χ4v) is 2.86. The molecule has 2 heterocycles. The lowest BCUT2D eigenvalue weighted by atomic mass is 9.75. The lowest BCUT2D eigenvalue weighted by Gasteiger charge is -2.38. The summed E-state index contributed by atoms with van der Waals surface area (Å²) in [6.07, 6.45) is 9.41. The van der Waals surface area contributed by atoms with Crippen molar-refractivity contribution in [1.82, 2.24) is 19.9 Å². The van der Waals surface area contributed by atoms with Gasteiger partial charge in [-0.05, 0) is 30.4 Å². The number of aromatic nitrogens is 3. The Bertz CT molecular complexity index is 653. The Kier molecular flexibility index (Phi) is 4.57. The Hall–Kier alpha value is -2.41. The zero-order valence-corrected chi connectivity index (χ0v) is 12.9. The first-order chi connectivity index (χ1) is 11.2. The molecule has 23 heavy (non-hydrogen) atoms. The van der Waals surface area contributed by atoms with Gasteiger partial charge in [0, 0.05) is 18.6 Å². The minimum absolute atomic E-state index is 0.0998. The number of carbonyl (C=O) groups excluding carboxylic acids is 1. The number of aliphatic hydroxyl groups is 1. The number of nitrogens with zero attached hydrogens (tertiary/aromatic N) is 3. The maximum atomic E-state index is 12.3. The predicted molar refractivity (Wildman–Crippen MR) is 82.6 cm³/mol. The summed E-state index contributed by atoms with van der Waals surface area (Å²) in [5.74, 6) is 0.749. The van der Waals surface area contributed by atoms with Gasteiger partial charge in [-0.3, -0.25) is 9.78 Å². The highest BCUT2D eigenvalue weighted by Crippen LogP contribution is 2.38. The molecular weight excluding hydrogens is 296 g/mol. The number of carbonyl (C=O) groups is 1. The van der Waals surface area contributed by atoms with E-state index in [2.05, 4.69) is 15.3 Å². The lowest BCUT2D eigenvalue weighted by molar-refractivity contribution is -0.123. The van der Waals surface area contributed by atoms with Crippen LogP contribution in [0.2, 0.25) is 0 Å². The largest absolute Gasteiger partial charge is 0.495 e. The summed E-state index contributed by atoms with van der Waals surface area (Å²) < 4.78 is 6.92. The molecule has 0 aliphatic heterocycles. The Morgan fingerprint density at radius 2 is 2.30 bits per heavy atom. The summed E-state index contributed by atoms with van der Waals surface area (Å²) >= 11 is 0. The van der Waals surface area contributed by atoms with Gasteiger partial charge in [-0.25, -0.2) is 4.98 Å². The number of methoxy groups -OCH3 is 1. The SMILES string of the molecule is COc1cncc([C@@H](NC(=O)Cn2ccnc2)C2CC(O)C2)c1. The van der Waals surface area contributed by atoms with Gasteiger partial charge in [-0.2, -0.15) is 0 Å². The van der Waals surface area contributed by atoms with Gasteiger partial charge in [-0.1, -0.05) is 0 Å². The van der Waals surface area contributed by atoms with E-state index in [1.807, 2.05) is 6.07 Å². The van der Waals surface area contributed by atoms with Gasteiger partial charge in [0.1, 0.15) is 12.3 Å². The van der Waals surface area contributed by atoms with E-state index in [1.54, 1.807) is 42.8 Å². The molecule has 1 saturated carbocycles. The molecular formula is C16H20N4O3. The number of ether oxygens (including phenoxy) is 1. The minimum atomic E-state index is -0.286. The van der Waals surface area contributed by atoms with Crippen LogP contribution in [0.3, 0.4) is 0 Å². The van der Waals surface area contributed by atoms with Gasteiger partial charge in [0.25, 0.3) is 0 Å². The van der Waals surface area contributed by atoms with Crippen molar-refractivity contribution in [2.24, 2.45) is 5.92 Å². The van der Waals surface area contributed by atoms with Crippen molar-refractivity contribution in [2.75, 3.05) is 7.11 Å². The second-order valence-electron chi connectivity index (χ2n) is 5.82. The standard InChI is InChI=1S/C16H20N4O3/c1-23-14-6-12(7-18-8-14)16(11-4-13(21)5-11)19-15(22)9-20-3-2-17-10-20/h2-3,6-8,10-11,13,16,21H,4-5,9H2,1H3,(H,19,22)/t11?,13?,16-/m0/s1. The van der Waals surface area contributed by atoms with Crippen molar-refractivity contribution >= 4 is 5.91 Å². The number of aliphatic hydroxyl groups excluding tert-OH is 1. The first-order valence-electron chi connectivity index (χ1n) is 7.58. The normalized spacial score (nSPS) is 21.3. The van der Waals surface area contributed by atoms with Gasteiger partial charge >= 0.3 is 0 Å². The number of hydrogen-bond acceptors (Lipinski definition) is 5. The van der Waals surface area contributed by atoms with E-state index < -0.39 is 0 Å². The van der Waals surface area contributed by atoms with Gasteiger partial charge in [0.2, 0.25) is 5.91 Å². The average molecular weight is 316 g/mol. The maximum Gasteiger partial charge on any atom is 0.240 e. The molecule has 3 rings (SSSR count). The number of pyridine rings is 1. The molecule has 7 nitrogen and oxygen atoms in total. The third kappa shape index (κ3) is 3.68. The number of amides is 1. The number of rotatable bonds is 6. The highest BCUT2D eigenvalue weighted by molar-refractivity contribution is 5.76. The molecule has 2 aromatic rings. The lowest BCUT2D eigenvalue weighted by Crippen LogP contribution is -2.42. The fraction of sp³-hybridized carbons (Fsp3) is 0.438. The van der Waals surface area contributed by atoms with E-state index in [9.17, 15) is 9.90 Å². The summed E-state index contributed by atoms with van der Waals surface area (Å²) in [6.45, 7) is 0.211. The van der Waals surface area contributed by atoms with E-state index in [1.165, 1.54) is 0 Å². The molecule has 7 heteroatoms.